The van der Waals surface area contributed by atoms with Gasteiger partial charge in [-0.3, -0.25) is 14.9 Å². The summed E-state index contributed by atoms with van der Waals surface area (Å²) in [5.41, 5.74) is 0.684. The number of ether oxygens (including phenoxy) is 1. The molecule has 0 aliphatic carbocycles. The highest BCUT2D eigenvalue weighted by Gasteiger charge is 2.18. The molecule has 0 spiro atoms. The van der Waals surface area contributed by atoms with E-state index >= 15 is 0 Å². The molecule has 5 nitrogen and oxygen atoms in total. The van der Waals surface area contributed by atoms with Crippen LogP contribution in [0.15, 0.2) is 34.1 Å². The summed E-state index contributed by atoms with van der Waals surface area (Å²) < 4.78 is 6.02. The Morgan fingerprint density at radius 3 is 2.80 bits per heavy atom. The summed E-state index contributed by atoms with van der Waals surface area (Å²) in [6.45, 7) is 1.57. The first-order valence-electron chi connectivity index (χ1n) is 5.63. The first-order valence-corrected chi connectivity index (χ1v) is 7.30. The highest BCUT2D eigenvalue weighted by atomic mass is 79.9. The highest BCUT2D eigenvalue weighted by Crippen LogP contribution is 2.28. The van der Waals surface area contributed by atoms with Crippen LogP contribution < -0.4 is 4.74 Å². The van der Waals surface area contributed by atoms with Gasteiger partial charge in [-0.05, 0) is 45.9 Å². The van der Waals surface area contributed by atoms with Crippen LogP contribution in [0, 0.1) is 17.0 Å². The van der Waals surface area contributed by atoms with E-state index in [1.807, 2.05) is 0 Å². The molecule has 1 heterocycles. The van der Waals surface area contributed by atoms with E-state index in [1.54, 1.807) is 30.5 Å². The van der Waals surface area contributed by atoms with Crippen LogP contribution in [-0.2, 0) is 0 Å². The number of aryl methyl sites for hydroxylation is 1. The molecule has 1 aromatic carbocycles. The number of hydrogen-bond acceptors (Lipinski definition) is 5. The molecular formula is C13H10BrNO4S. The third kappa shape index (κ3) is 3.23. The van der Waals surface area contributed by atoms with Crippen molar-refractivity contribution in [2.75, 3.05) is 6.61 Å². The Balaban J connectivity index is 2.15. The summed E-state index contributed by atoms with van der Waals surface area (Å²) >= 11 is 4.56. The zero-order chi connectivity index (χ0) is 14.7. The number of carbonyl (C=O) groups is 1. The van der Waals surface area contributed by atoms with Crippen molar-refractivity contribution in [1.29, 1.82) is 0 Å². The maximum atomic E-state index is 12.0. The molecule has 20 heavy (non-hydrogen) atoms. The van der Waals surface area contributed by atoms with E-state index in [9.17, 15) is 14.9 Å². The third-order valence-corrected chi connectivity index (χ3v) is 4.42. The quantitative estimate of drug-likeness (QED) is 0.461. The van der Waals surface area contributed by atoms with Gasteiger partial charge in [0.05, 0.1) is 9.80 Å². The van der Waals surface area contributed by atoms with Gasteiger partial charge in [0.2, 0.25) is 5.78 Å². The van der Waals surface area contributed by atoms with Gasteiger partial charge >= 0.3 is 5.69 Å². The Morgan fingerprint density at radius 1 is 1.45 bits per heavy atom. The Morgan fingerprint density at radius 2 is 2.20 bits per heavy atom. The second-order valence-corrected chi connectivity index (χ2v) is 5.81. The second kappa shape index (κ2) is 6.15. The number of halogens is 1. The molecule has 0 atom stereocenters. The predicted molar refractivity (Wildman–Crippen MR) is 79.7 cm³/mol. The van der Waals surface area contributed by atoms with Crippen molar-refractivity contribution in [1.82, 2.24) is 0 Å². The molecule has 104 valence electrons. The van der Waals surface area contributed by atoms with E-state index in [0.717, 1.165) is 5.56 Å². The molecule has 0 saturated carbocycles. The lowest BCUT2D eigenvalue weighted by atomic mass is 10.2. The molecule has 0 fully saturated rings. The molecular weight excluding hydrogens is 346 g/mol. The summed E-state index contributed by atoms with van der Waals surface area (Å²) in [7, 11) is 0. The molecule has 0 bridgehead atoms. The number of thiophene rings is 1. The fourth-order valence-electron chi connectivity index (χ4n) is 1.59. The minimum atomic E-state index is -0.527. The molecule has 0 unspecified atom stereocenters. The summed E-state index contributed by atoms with van der Waals surface area (Å²) in [6, 6.07) is 6.32. The maximum absolute atomic E-state index is 12.0. The van der Waals surface area contributed by atoms with Crippen LogP contribution in [0.3, 0.4) is 0 Å². The van der Waals surface area contributed by atoms with Gasteiger partial charge in [0.15, 0.2) is 12.4 Å². The lowest BCUT2D eigenvalue weighted by Gasteiger charge is -2.06. The maximum Gasteiger partial charge on any atom is 0.310 e. The number of nitrogens with zero attached hydrogens (tertiary/aromatic N) is 1. The van der Waals surface area contributed by atoms with Crippen molar-refractivity contribution >= 4 is 38.7 Å². The average molecular weight is 356 g/mol. The van der Waals surface area contributed by atoms with Crippen molar-refractivity contribution in [2.24, 2.45) is 0 Å². The van der Waals surface area contributed by atoms with Crippen LogP contribution >= 0.6 is 27.3 Å². The summed E-state index contributed by atoms with van der Waals surface area (Å²) in [5, 5.41) is 12.7. The van der Waals surface area contributed by atoms with E-state index in [2.05, 4.69) is 15.9 Å². The Hall–Kier alpha value is -1.73. The zero-order valence-corrected chi connectivity index (χ0v) is 12.9. The van der Waals surface area contributed by atoms with Crippen molar-refractivity contribution in [3.8, 4) is 5.75 Å². The monoisotopic (exact) mass is 355 g/mol. The van der Waals surface area contributed by atoms with Crippen LogP contribution in [0.2, 0.25) is 0 Å². The Bertz CT molecular complexity index is 668. The summed E-state index contributed by atoms with van der Waals surface area (Å²) in [4.78, 5) is 22.9. The highest BCUT2D eigenvalue weighted by molar-refractivity contribution is 9.10. The fraction of sp³-hybridized carbons (Fsp3) is 0.154. The van der Waals surface area contributed by atoms with Crippen molar-refractivity contribution in [3.63, 3.8) is 0 Å². The van der Waals surface area contributed by atoms with E-state index in [1.165, 1.54) is 17.4 Å². The molecule has 0 N–H and O–H groups in total. The lowest BCUT2D eigenvalue weighted by Crippen LogP contribution is -2.11. The normalized spacial score (nSPS) is 10.3. The van der Waals surface area contributed by atoms with Gasteiger partial charge in [-0.15, -0.1) is 11.3 Å². The topological polar surface area (TPSA) is 69.4 Å². The molecule has 1 aromatic heterocycles. The van der Waals surface area contributed by atoms with Crippen molar-refractivity contribution in [3.05, 3.63) is 54.7 Å². The lowest BCUT2D eigenvalue weighted by molar-refractivity contribution is -0.385. The van der Waals surface area contributed by atoms with Crippen LogP contribution in [0.25, 0.3) is 0 Å². The summed E-state index contributed by atoms with van der Waals surface area (Å²) in [6.07, 6.45) is 0. The van der Waals surface area contributed by atoms with Gasteiger partial charge in [0.25, 0.3) is 0 Å². The first-order chi connectivity index (χ1) is 9.49. The van der Waals surface area contributed by atoms with Crippen molar-refractivity contribution < 1.29 is 14.5 Å². The molecule has 2 aromatic rings. The van der Waals surface area contributed by atoms with Crippen LogP contribution in [0.5, 0.6) is 5.75 Å². The number of rotatable bonds is 5. The molecule has 0 radical (unpaired) electrons. The van der Waals surface area contributed by atoms with Gasteiger partial charge in [0.1, 0.15) is 0 Å². The number of nitro benzene ring substituents is 1. The standard InChI is InChI=1S/C13H10BrNO4S/c1-8-2-3-10(15(17)18)12(6-8)19-7-11(16)13-9(14)4-5-20-13/h2-6H,7H2,1H3. The number of carbonyl (C=O) groups excluding carboxylic acids is 1. The van der Waals surface area contributed by atoms with Gasteiger partial charge in [-0.2, -0.15) is 0 Å². The average Bonchev–Trinajstić information content (AvgIpc) is 2.82. The van der Waals surface area contributed by atoms with Crippen LogP contribution in [0.4, 0.5) is 5.69 Å². The SMILES string of the molecule is Cc1ccc([N+](=O)[O-])c(OCC(=O)c2sccc2Br)c1. The van der Waals surface area contributed by atoms with E-state index < -0.39 is 4.92 Å². The molecule has 0 amide bonds. The van der Waals surface area contributed by atoms with Crippen LogP contribution in [-0.4, -0.2) is 17.3 Å². The Kier molecular flexibility index (Phi) is 4.51. The van der Waals surface area contributed by atoms with Crippen molar-refractivity contribution in [2.45, 2.75) is 6.92 Å². The minimum absolute atomic E-state index is 0.107. The number of nitro groups is 1. The van der Waals surface area contributed by atoms with Gasteiger partial charge in [-0.1, -0.05) is 6.07 Å². The predicted octanol–water partition coefficient (Wildman–Crippen LogP) is 3.99. The smallest absolute Gasteiger partial charge is 0.310 e. The van der Waals surface area contributed by atoms with Crippen LogP contribution in [0.1, 0.15) is 15.2 Å². The molecule has 2 rings (SSSR count). The van der Waals surface area contributed by atoms with E-state index in [-0.39, 0.29) is 23.8 Å². The molecule has 0 aliphatic rings. The third-order valence-electron chi connectivity index (χ3n) is 2.54. The minimum Gasteiger partial charge on any atom is -0.478 e. The number of benzene rings is 1. The first kappa shape index (κ1) is 14.7. The van der Waals surface area contributed by atoms with Gasteiger partial charge < -0.3 is 4.74 Å². The fourth-order valence-corrected chi connectivity index (χ4v) is 3.11. The number of hydrogen-bond donors (Lipinski definition) is 0. The largest absolute Gasteiger partial charge is 0.478 e. The molecule has 0 aliphatic heterocycles. The Labute approximate surface area is 127 Å². The van der Waals surface area contributed by atoms with E-state index in [4.69, 9.17) is 4.74 Å². The summed E-state index contributed by atoms with van der Waals surface area (Å²) in [5.74, 6) is -0.112. The second-order valence-electron chi connectivity index (χ2n) is 4.04. The van der Waals surface area contributed by atoms with Gasteiger partial charge in [0, 0.05) is 10.5 Å². The molecule has 0 saturated heterocycles. The van der Waals surface area contributed by atoms with E-state index in [0.29, 0.717) is 9.35 Å². The van der Waals surface area contributed by atoms with Gasteiger partial charge in [-0.25, -0.2) is 0 Å². The number of Topliss-reactive ketones (excluding diaryl/α,β-unsaturated/α-hetero) is 1. The zero-order valence-electron chi connectivity index (χ0n) is 10.5. The number of ketones is 1. The molecule has 7 heteroatoms.